The van der Waals surface area contributed by atoms with E-state index >= 15 is 0 Å². The van der Waals surface area contributed by atoms with Gasteiger partial charge in [0, 0.05) is 35.9 Å². The van der Waals surface area contributed by atoms with E-state index in [1.54, 1.807) is 12.5 Å². The largest absolute Gasteiger partial charge is 0.348 e. The molecule has 27 heavy (non-hydrogen) atoms. The SMILES string of the molecule is Cl.Cl.N[C@@H](Cc1cnc[nH]1)C(=O)Cc1ccc(C#Cc2ccccc2)cc1. The number of halogens is 2. The molecule has 0 amide bonds. The van der Waals surface area contributed by atoms with Crippen LogP contribution in [0.1, 0.15) is 22.4 Å². The molecule has 0 saturated carbocycles. The highest BCUT2D eigenvalue weighted by Gasteiger charge is 2.15. The van der Waals surface area contributed by atoms with E-state index in [0.29, 0.717) is 12.8 Å². The topological polar surface area (TPSA) is 71.8 Å². The zero-order valence-electron chi connectivity index (χ0n) is 14.6. The second-order valence-corrected chi connectivity index (χ2v) is 5.84. The molecule has 2 aromatic carbocycles. The number of carbonyl (C=O) groups excluding carboxylic acids is 1. The van der Waals surface area contributed by atoms with E-state index in [1.165, 1.54) is 0 Å². The molecule has 4 nitrogen and oxygen atoms in total. The number of carbonyl (C=O) groups is 1. The summed E-state index contributed by atoms with van der Waals surface area (Å²) in [5.74, 6) is 6.25. The van der Waals surface area contributed by atoms with E-state index in [1.807, 2.05) is 54.6 Å². The van der Waals surface area contributed by atoms with Gasteiger partial charge in [-0.15, -0.1) is 24.8 Å². The maximum absolute atomic E-state index is 12.2. The Morgan fingerprint density at radius 2 is 1.63 bits per heavy atom. The second-order valence-electron chi connectivity index (χ2n) is 5.84. The number of imidazole rings is 1. The van der Waals surface area contributed by atoms with Gasteiger partial charge in [0.25, 0.3) is 0 Å². The predicted molar refractivity (Wildman–Crippen MR) is 112 cm³/mol. The summed E-state index contributed by atoms with van der Waals surface area (Å²) in [5.41, 5.74) is 9.68. The van der Waals surface area contributed by atoms with Gasteiger partial charge in [-0.25, -0.2) is 4.98 Å². The van der Waals surface area contributed by atoms with Crippen LogP contribution in [0.2, 0.25) is 0 Å². The first-order chi connectivity index (χ1) is 12.2. The molecule has 6 heteroatoms. The van der Waals surface area contributed by atoms with Gasteiger partial charge in [-0.05, 0) is 29.8 Å². The number of rotatable bonds is 5. The number of nitrogens with zero attached hydrogens (tertiary/aromatic N) is 1. The van der Waals surface area contributed by atoms with Crippen LogP contribution in [0, 0.1) is 11.8 Å². The smallest absolute Gasteiger partial charge is 0.154 e. The lowest BCUT2D eigenvalue weighted by molar-refractivity contribution is -0.119. The van der Waals surface area contributed by atoms with Gasteiger partial charge in [0.1, 0.15) is 0 Å². The Labute approximate surface area is 171 Å². The van der Waals surface area contributed by atoms with Crippen molar-refractivity contribution in [2.24, 2.45) is 5.73 Å². The lowest BCUT2D eigenvalue weighted by Gasteiger charge is -2.09. The Morgan fingerprint density at radius 1 is 1.00 bits per heavy atom. The Kier molecular flexibility index (Phi) is 9.32. The van der Waals surface area contributed by atoms with Gasteiger partial charge in [-0.2, -0.15) is 0 Å². The van der Waals surface area contributed by atoms with Crippen LogP contribution in [0.4, 0.5) is 0 Å². The molecular weight excluding hydrogens is 381 g/mol. The molecule has 3 N–H and O–H groups in total. The van der Waals surface area contributed by atoms with Crippen LogP contribution in [0.5, 0.6) is 0 Å². The summed E-state index contributed by atoms with van der Waals surface area (Å²) in [6, 6.07) is 17.0. The maximum atomic E-state index is 12.2. The van der Waals surface area contributed by atoms with E-state index in [-0.39, 0.29) is 30.6 Å². The van der Waals surface area contributed by atoms with Crippen molar-refractivity contribution in [3.05, 3.63) is 89.5 Å². The quantitative estimate of drug-likeness (QED) is 0.643. The number of hydrogen-bond acceptors (Lipinski definition) is 3. The van der Waals surface area contributed by atoms with Gasteiger partial charge < -0.3 is 10.7 Å². The first-order valence-electron chi connectivity index (χ1n) is 8.12. The first kappa shape index (κ1) is 22.5. The lowest BCUT2D eigenvalue weighted by Crippen LogP contribution is -2.34. The van der Waals surface area contributed by atoms with Crippen LogP contribution in [-0.2, 0) is 17.6 Å². The molecule has 3 rings (SSSR count). The Hall–Kier alpha value is -2.58. The molecule has 0 unspecified atom stereocenters. The molecule has 0 fully saturated rings. The molecular formula is C21H21Cl2N3O. The fourth-order valence-electron chi connectivity index (χ4n) is 2.45. The number of aromatic amines is 1. The number of nitrogens with one attached hydrogen (secondary N) is 1. The molecule has 0 bridgehead atoms. The highest BCUT2D eigenvalue weighted by molar-refractivity contribution is 5.86. The molecule has 0 aliphatic heterocycles. The third kappa shape index (κ3) is 6.92. The fourth-order valence-corrected chi connectivity index (χ4v) is 2.45. The molecule has 0 aliphatic rings. The van der Waals surface area contributed by atoms with E-state index in [4.69, 9.17) is 5.73 Å². The van der Waals surface area contributed by atoms with Gasteiger partial charge in [-0.3, -0.25) is 4.79 Å². The molecule has 140 valence electrons. The molecule has 1 heterocycles. The van der Waals surface area contributed by atoms with Crippen LogP contribution in [0.15, 0.2) is 67.1 Å². The molecule has 1 atom stereocenters. The van der Waals surface area contributed by atoms with Gasteiger partial charge in [0.2, 0.25) is 0 Å². The van der Waals surface area contributed by atoms with Gasteiger partial charge in [0.05, 0.1) is 12.4 Å². The average molecular weight is 402 g/mol. The van der Waals surface area contributed by atoms with Gasteiger partial charge >= 0.3 is 0 Å². The highest BCUT2D eigenvalue weighted by Crippen LogP contribution is 2.07. The first-order valence-corrected chi connectivity index (χ1v) is 8.12. The number of H-pyrrole nitrogens is 1. The second kappa shape index (κ2) is 11.2. The van der Waals surface area contributed by atoms with E-state index in [2.05, 4.69) is 21.8 Å². The predicted octanol–water partition coefficient (Wildman–Crippen LogP) is 3.33. The van der Waals surface area contributed by atoms with Crippen LogP contribution >= 0.6 is 24.8 Å². The lowest BCUT2D eigenvalue weighted by atomic mass is 10.0. The van der Waals surface area contributed by atoms with Crippen molar-refractivity contribution in [3.63, 3.8) is 0 Å². The number of nitrogens with two attached hydrogens (primary N) is 1. The summed E-state index contributed by atoms with van der Waals surface area (Å²) in [7, 11) is 0. The monoisotopic (exact) mass is 401 g/mol. The summed E-state index contributed by atoms with van der Waals surface area (Å²) < 4.78 is 0. The maximum Gasteiger partial charge on any atom is 0.154 e. The summed E-state index contributed by atoms with van der Waals surface area (Å²) in [6.45, 7) is 0. The third-order valence-electron chi connectivity index (χ3n) is 3.87. The summed E-state index contributed by atoms with van der Waals surface area (Å²) >= 11 is 0. The molecule has 0 spiro atoms. The fraction of sp³-hybridized carbons (Fsp3) is 0.143. The molecule has 3 aromatic rings. The molecule has 1 aromatic heterocycles. The molecule has 0 saturated heterocycles. The van der Waals surface area contributed by atoms with Crippen molar-refractivity contribution in [2.75, 3.05) is 0 Å². The minimum Gasteiger partial charge on any atom is -0.348 e. The van der Waals surface area contributed by atoms with Crippen molar-refractivity contribution in [1.29, 1.82) is 0 Å². The van der Waals surface area contributed by atoms with E-state index in [0.717, 1.165) is 22.4 Å². The Morgan fingerprint density at radius 3 is 2.22 bits per heavy atom. The van der Waals surface area contributed by atoms with Crippen molar-refractivity contribution >= 4 is 30.6 Å². The number of hydrogen-bond donors (Lipinski definition) is 2. The van der Waals surface area contributed by atoms with Crippen LogP contribution in [-0.4, -0.2) is 21.8 Å². The molecule has 0 radical (unpaired) electrons. The summed E-state index contributed by atoms with van der Waals surface area (Å²) in [6.07, 6.45) is 4.07. The Balaban J connectivity index is 0.00000182. The van der Waals surface area contributed by atoms with E-state index in [9.17, 15) is 4.79 Å². The van der Waals surface area contributed by atoms with Crippen molar-refractivity contribution in [1.82, 2.24) is 9.97 Å². The number of benzene rings is 2. The van der Waals surface area contributed by atoms with Gasteiger partial charge in [-0.1, -0.05) is 42.2 Å². The van der Waals surface area contributed by atoms with Crippen LogP contribution in [0.25, 0.3) is 0 Å². The zero-order valence-corrected chi connectivity index (χ0v) is 16.2. The third-order valence-corrected chi connectivity index (χ3v) is 3.87. The van der Waals surface area contributed by atoms with Crippen LogP contribution < -0.4 is 5.73 Å². The summed E-state index contributed by atoms with van der Waals surface area (Å²) in [4.78, 5) is 19.1. The van der Waals surface area contributed by atoms with Gasteiger partial charge in [0.15, 0.2) is 5.78 Å². The van der Waals surface area contributed by atoms with Crippen LogP contribution in [0.3, 0.4) is 0 Å². The minimum absolute atomic E-state index is 0. The van der Waals surface area contributed by atoms with Crippen molar-refractivity contribution < 1.29 is 4.79 Å². The normalized spacial score (nSPS) is 10.6. The van der Waals surface area contributed by atoms with Crippen molar-refractivity contribution in [3.8, 4) is 11.8 Å². The number of ketones is 1. The Bertz CT molecular complexity index is 883. The minimum atomic E-state index is -0.530. The number of Topliss-reactive ketones (excluding diaryl/α,β-unsaturated/α-hetero) is 1. The zero-order chi connectivity index (χ0) is 17.5. The summed E-state index contributed by atoms with van der Waals surface area (Å²) in [5, 5.41) is 0. The highest BCUT2D eigenvalue weighted by atomic mass is 35.5. The van der Waals surface area contributed by atoms with E-state index < -0.39 is 6.04 Å². The standard InChI is InChI=1S/C21H19N3O.2ClH/c22-20(13-19-14-23-15-24-19)21(25)12-18-10-8-17(9-11-18)7-6-16-4-2-1-3-5-16;;/h1-5,8-11,14-15,20H,12-13,22H2,(H,23,24);2*1H/t20-;;/m0../s1. The molecule has 0 aliphatic carbocycles. The van der Waals surface area contributed by atoms with Crippen molar-refractivity contribution in [2.45, 2.75) is 18.9 Å². The average Bonchev–Trinajstić information content (AvgIpc) is 3.15. The number of aromatic nitrogens is 2.